The molecule has 0 radical (unpaired) electrons. The highest BCUT2D eigenvalue weighted by atomic mass is 16.5. The van der Waals surface area contributed by atoms with Gasteiger partial charge in [0.1, 0.15) is 0 Å². The monoisotopic (exact) mass is 350 g/mol. The second kappa shape index (κ2) is 8.32. The first kappa shape index (κ1) is 17.7. The van der Waals surface area contributed by atoms with E-state index in [2.05, 4.69) is 46.3 Å². The van der Waals surface area contributed by atoms with Gasteiger partial charge in [0.05, 0.1) is 6.10 Å². The average Bonchev–Trinajstić information content (AvgIpc) is 3.37. The fourth-order valence-corrected chi connectivity index (χ4v) is 4.73. The molecule has 0 bridgehead atoms. The highest BCUT2D eigenvalue weighted by Crippen LogP contribution is 2.43. The summed E-state index contributed by atoms with van der Waals surface area (Å²) in [6.45, 7) is 4.47. The van der Waals surface area contributed by atoms with Crippen LogP contribution in [0.4, 0.5) is 0 Å². The third kappa shape index (κ3) is 4.16. The second-order valence-corrected chi connectivity index (χ2v) is 7.99. The van der Waals surface area contributed by atoms with Gasteiger partial charge in [-0.15, -0.1) is 0 Å². The Hall–Kier alpha value is -1.71. The molecule has 2 atom stereocenters. The molecule has 2 fully saturated rings. The van der Waals surface area contributed by atoms with Crippen molar-refractivity contribution in [1.82, 2.24) is 9.88 Å². The van der Waals surface area contributed by atoms with Gasteiger partial charge >= 0.3 is 0 Å². The topological polar surface area (TPSA) is 25.4 Å². The lowest BCUT2D eigenvalue weighted by molar-refractivity contribution is -0.00134. The third-order valence-corrected chi connectivity index (χ3v) is 6.27. The maximum atomic E-state index is 6.20. The van der Waals surface area contributed by atoms with Gasteiger partial charge in [0.25, 0.3) is 0 Å². The van der Waals surface area contributed by atoms with Crippen LogP contribution in [0.2, 0.25) is 0 Å². The molecule has 26 heavy (non-hydrogen) atoms. The maximum Gasteiger partial charge on any atom is 0.0645 e. The van der Waals surface area contributed by atoms with Crippen LogP contribution in [-0.2, 0) is 17.6 Å². The van der Waals surface area contributed by atoms with Crippen LogP contribution in [-0.4, -0.2) is 42.2 Å². The van der Waals surface area contributed by atoms with Crippen molar-refractivity contribution in [3.63, 3.8) is 0 Å². The Morgan fingerprint density at radius 2 is 1.96 bits per heavy atom. The molecule has 2 saturated heterocycles. The van der Waals surface area contributed by atoms with Crippen LogP contribution >= 0.6 is 0 Å². The molecule has 138 valence electrons. The van der Waals surface area contributed by atoms with Crippen molar-refractivity contribution < 1.29 is 4.74 Å². The number of aromatic nitrogens is 1. The fourth-order valence-electron chi connectivity index (χ4n) is 4.73. The van der Waals surface area contributed by atoms with Crippen LogP contribution in [0.1, 0.15) is 36.8 Å². The van der Waals surface area contributed by atoms with Gasteiger partial charge in [-0.2, -0.15) is 0 Å². The number of ether oxygens (including phenoxy) is 1. The Morgan fingerprint density at radius 3 is 2.73 bits per heavy atom. The van der Waals surface area contributed by atoms with Crippen molar-refractivity contribution in [2.24, 2.45) is 5.41 Å². The smallest absolute Gasteiger partial charge is 0.0645 e. The van der Waals surface area contributed by atoms with E-state index in [1.165, 1.54) is 49.9 Å². The summed E-state index contributed by atoms with van der Waals surface area (Å²) in [4.78, 5) is 6.90. The molecule has 2 aliphatic rings. The lowest BCUT2D eigenvalue weighted by Crippen LogP contribution is -2.38. The average molecular weight is 351 g/mol. The summed E-state index contributed by atoms with van der Waals surface area (Å²) in [5, 5.41) is 0. The van der Waals surface area contributed by atoms with Crippen molar-refractivity contribution in [2.75, 3.05) is 26.2 Å². The van der Waals surface area contributed by atoms with Crippen LogP contribution in [0.15, 0.2) is 54.9 Å². The zero-order valence-corrected chi connectivity index (χ0v) is 15.6. The molecule has 2 aromatic rings. The van der Waals surface area contributed by atoms with E-state index in [4.69, 9.17) is 4.74 Å². The zero-order valence-electron chi connectivity index (χ0n) is 15.6. The molecule has 2 unspecified atom stereocenters. The molecule has 3 heteroatoms. The van der Waals surface area contributed by atoms with Crippen molar-refractivity contribution in [3.05, 3.63) is 66.0 Å². The van der Waals surface area contributed by atoms with E-state index in [9.17, 15) is 0 Å². The van der Waals surface area contributed by atoms with Crippen LogP contribution < -0.4 is 0 Å². The van der Waals surface area contributed by atoms with Crippen LogP contribution in [0.25, 0.3) is 0 Å². The molecular weight excluding hydrogens is 320 g/mol. The highest BCUT2D eigenvalue weighted by molar-refractivity contribution is 5.16. The van der Waals surface area contributed by atoms with Crippen LogP contribution in [0, 0.1) is 5.41 Å². The predicted octanol–water partition coefficient (Wildman–Crippen LogP) is 4.13. The SMILES string of the molecule is c1ccc(CCC2(C3CCCO3)CCN(CCc3cccnc3)C2)cc1. The quantitative estimate of drug-likeness (QED) is 0.751. The van der Waals surface area contributed by atoms with E-state index in [1.807, 2.05) is 18.5 Å². The van der Waals surface area contributed by atoms with E-state index in [-0.39, 0.29) is 0 Å². The maximum absolute atomic E-state index is 6.20. The Balaban J connectivity index is 1.39. The van der Waals surface area contributed by atoms with Gasteiger partial charge in [0.2, 0.25) is 0 Å². The Bertz CT molecular complexity index is 669. The van der Waals surface area contributed by atoms with Gasteiger partial charge in [-0.1, -0.05) is 36.4 Å². The van der Waals surface area contributed by atoms with Crippen LogP contribution in [0.5, 0.6) is 0 Å². The first-order valence-corrected chi connectivity index (χ1v) is 10.1. The Morgan fingerprint density at radius 1 is 1.08 bits per heavy atom. The van der Waals surface area contributed by atoms with E-state index in [0.717, 1.165) is 26.0 Å². The van der Waals surface area contributed by atoms with Gasteiger partial charge in [0.15, 0.2) is 0 Å². The van der Waals surface area contributed by atoms with Crippen molar-refractivity contribution in [2.45, 2.75) is 44.6 Å². The molecule has 3 nitrogen and oxygen atoms in total. The Kier molecular flexibility index (Phi) is 5.66. The largest absolute Gasteiger partial charge is 0.378 e. The number of pyridine rings is 1. The standard InChI is InChI=1S/C23H30N2O/c1-2-6-20(7-3-1)10-12-23(22-9-5-17-26-22)13-16-25(19-23)15-11-21-8-4-14-24-18-21/h1-4,6-8,14,18,22H,5,9-13,15-17,19H2. The molecular formula is C23H30N2O. The number of hydrogen-bond acceptors (Lipinski definition) is 3. The summed E-state index contributed by atoms with van der Waals surface area (Å²) >= 11 is 0. The zero-order chi connectivity index (χ0) is 17.7. The molecule has 4 rings (SSSR count). The summed E-state index contributed by atoms with van der Waals surface area (Å²) in [5.74, 6) is 0. The van der Waals surface area contributed by atoms with Crippen molar-refractivity contribution in [1.29, 1.82) is 0 Å². The Labute approximate surface area is 157 Å². The predicted molar refractivity (Wildman–Crippen MR) is 105 cm³/mol. The van der Waals surface area contributed by atoms with E-state index < -0.39 is 0 Å². The first-order chi connectivity index (χ1) is 12.8. The lowest BCUT2D eigenvalue weighted by Gasteiger charge is -2.35. The van der Waals surface area contributed by atoms with Gasteiger partial charge in [-0.25, -0.2) is 0 Å². The summed E-state index contributed by atoms with van der Waals surface area (Å²) in [6.07, 6.45) is 11.5. The molecule has 1 aromatic heterocycles. The summed E-state index contributed by atoms with van der Waals surface area (Å²) in [7, 11) is 0. The molecule has 0 aliphatic carbocycles. The summed E-state index contributed by atoms with van der Waals surface area (Å²) < 4.78 is 6.20. The minimum Gasteiger partial charge on any atom is -0.378 e. The number of nitrogens with zero attached hydrogens (tertiary/aromatic N) is 2. The van der Waals surface area contributed by atoms with Crippen molar-refractivity contribution >= 4 is 0 Å². The van der Waals surface area contributed by atoms with Gasteiger partial charge < -0.3 is 9.64 Å². The molecule has 0 spiro atoms. The van der Waals surface area contributed by atoms with Gasteiger partial charge in [-0.05, 0) is 62.3 Å². The third-order valence-electron chi connectivity index (χ3n) is 6.27. The van der Waals surface area contributed by atoms with Gasteiger partial charge in [0, 0.05) is 37.5 Å². The molecule has 2 aliphatic heterocycles. The van der Waals surface area contributed by atoms with Crippen molar-refractivity contribution in [3.8, 4) is 0 Å². The molecule has 0 N–H and O–H groups in total. The minimum absolute atomic E-state index is 0.335. The number of aryl methyl sites for hydroxylation is 1. The van der Waals surface area contributed by atoms with Gasteiger partial charge in [-0.3, -0.25) is 4.98 Å². The summed E-state index contributed by atoms with van der Waals surface area (Å²) in [5.41, 5.74) is 3.13. The highest BCUT2D eigenvalue weighted by Gasteiger charge is 2.45. The van der Waals surface area contributed by atoms with E-state index in [1.54, 1.807) is 0 Å². The number of benzene rings is 1. The second-order valence-electron chi connectivity index (χ2n) is 7.99. The number of likely N-dealkylation sites (tertiary alicyclic amines) is 1. The first-order valence-electron chi connectivity index (χ1n) is 10.1. The number of rotatable bonds is 7. The molecule has 0 amide bonds. The molecule has 1 aromatic carbocycles. The van der Waals surface area contributed by atoms with Crippen LogP contribution in [0.3, 0.4) is 0 Å². The summed E-state index contributed by atoms with van der Waals surface area (Å²) in [6, 6.07) is 15.2. The normalized spacial score (nSPS) is 26.4. The number of hydrogen-bond donors (Lipinski definition) is 0. The van der Waals surface area contributed by atoms with E-state index in [0.29, 0.717) is 11.5 Å². The minimum atomic E-state index is 0.335. The fraction of sp³-hybridized carbons (Fsp3) is 0.522. The molecule has 3 heterocycles. The lowest BCUT2D eigenvalue weighted by atomic mass is 9.75. The van der Waals surface area contributed by atoms with E-state index >= 15 is 0 Å². The molecule has 0 saturated carbocycles.